The molecule has 0 unspecified atom stereocenters. The Morgan fingerprint density at radius 1 is 1.07 bits per heavy atom. The quantitative estimate of drug-likeness (QED) is 0.522. The van der Waals surface area contributed by atoms with Crippen LogP contribution in [-0.2, 0) is 17.8 Å². The highest BCUT2D eigenvalue weighted by molar-refractivity contribution is 7.09. The molecule has 1 saturated heterocycles. The van der Waals surface area contributed by atoms with Gasteiger partial charge in [-0.05, 0) is 67.8 Å². The molecule has 1 N–H and O–H groups in total. The van der Waals surface area contributed by atoms with Crippen molar-refractivity contribution in [3.05, 3.63) is 69.6 Å². The first-order chi connectivity index (χ1) is 14.7. The van der Waals surface area contributed by atoms with Crippen LogP contribution in [0.15, 0.2) is 53.9 Å². The molecule has 0 saturated carbocycles. The molecule has 0 aliphatic carbocycles. The van der Waals surface area contributed by atoms with Crippen LogP contribution in [-0.4, -0.2) is 24.0 Å². The minimum atomic E-state index is -0.0730. The number of halogens is 1. The van der Waals surface area contributed by atoms with Gasteiger partial charge in [-0.1, -0.05) is 11.6 Å². The minimum absolute atomic E-state index is 0.0730. The number of rotatable bonds is 7. The van der Waals surface area contributed by atoms with Gasteiger partial charge in [-0.15, -0.1) is 11.3 Å². The number of hydrogen-bond donors (Lipinski definition) is 1. The maximum atomic E-state index is 12.4. The lowest BCUT2D eigenvalue weighted by molar-refractivity contribution is -0.115. The molecule has 1 fully saturated rings. The van der Waals surface area contributed by atoms with Crippen molar-refractivity contribution in [1.29, 1.82) is 0 Å². The number of benzene rings is 2. The molecule has 5 nitrogen and oxygen atoms in total. The lowest BCUT2D eigenvalue weighted by atomic mass is 10.1. The number of anilines is 2. The molecule has 4 rings (SSSR count). The van der Waals surface area contributed by atoms with Crippen molar-refractivity contribution in [3.8, 4) is 5.75 Å². The lowest BCUT2D eigenvalue weighted by Gasteiger charge is -2.28. The number of amides is 1. The number of carbonyl (C=O) groups excluding carboxylic acids is 1. The van der Waals surface area contributed by atoms with Gasteiger partial charge in [0.15, 0.2) is 0 Å². The summed E-state index contributed by atoms with van der Waals surface area (Å²) in [7, 11) is 0. The number of hydrogen-bond acceptors (Lipinski definition) is 5. The van der Waals surface area contributed by atoms with E-state index in [-0.39, 0.29) is 12.3 Å². The third-order valence-electron chi connectivity index (χ3n) is 4.99. The first kappa shape index (κ1) is 20.7. The molecule has 1 aromatic heterocycles. The summed E-state index contributed by atoms with van der Waals surface area (Å²) in [6.45, 7) is 2.59. The fourth-order valence-electron chi connectivity index (χ4n) is 3.45. The van der Waals surface area contributed by atoms with E-state index in [0.29, 0.717) is 11.6 Å². The number of ether oxygens (including phenoxy) is 1. The van der Waals surface area contributed by atoms with E-state index in [2.05, 4.69) is 27.3 Å². The highest BCUT2D eigenvalue weighted by atomic mass is 35.5. The molecule has 2 heterocycles. The van der Waals surface area contributed by atoms with E-state index < -0.39 is 0 Å². The van der Waals surface area contributed by atoms with Crippen molar-refractivity contribution in [2.75, 3.05) is 23.3 Å². The summed E-state index contributed by atoms with van der Waals surface area (Å²) in [4.78, 5) is 19.3. The molecule has 0 atom stereocenters. The first-order valence-corrected chi connectivity index (χ1v) is 11.4. The third kappa shape index (κ3) is 5.74. The predicted octanol–water partition coefficient (Wildman–Crippen LogP) is 5.55. The monoisotopic (exact) mass is 441 g/mol. The normalized spacial score (nSPS) is 13.8. The Bertz CT molecular complexity index is 967. The van der Waals surface area contributed by atoms with Gasteiger partial charge in [-0.25, -0.2) is 4.98 Å². The average molecular weight is 442 g/mol. The molecule has 0 radical (unpaired) electrons. The summed E-state index contributed by atoms with van der Waals surface area (Å²) >= 11 is 7.37. The summed E-state index contributed by atoms with van der Waals surface area (Å²) in [5.41, 5.74) is 2.77. The average Bonchev–Trinajstić information content (AvgIpc) is 3.21. The zero-order valence-corrected chi connectivity index (χ0v) is 18.2. The zero-order valence-electron chi connectivity index (χ0n) is 16.6. The molecule has 1 amide bonds. The van der Waals surface area contributed by atoms with E-state index >= 15 is 0 Å². The first-order valence-electron chi connectivity index (χ1n) is 10.1. The van der Waals surface area contributed by atoms with Gasteiger partial charge in [0.2, 0.25) is 5.91 Å². The molecular weight excluding hydrogens is 418 g/mol. The van der Waals surface area contributed by atoms with E-state index in [9.17, 15) is 4.79 Å². The van der Waals surface area contributed by atoms with Crippen LogP contribution in [0.1, 0.15) is 30.0 Å². The third-order valence-corrected chi connectivity index (χ3v) is 6.11. The SMILES string of the molecule is O=C(Cc1csc(COc2ccc(Cl)cc2)n1)Nc1ccc(N2CCCCC2)cc1. The number of thiazole rings is 1. The van der Waals surface area contributed by atoms with Gasteiger partial charge in [-0.2, -0.15) is 0 Å². The number of carbonyl (C=O) groups is 1. The van der Waals surface area contributed by atoms with Crippen LogP contribution >= 0.6 is 22.9 Å². The van der Waals surface area contributed by atoms with Crippen LogP contribution in [0.4, 0.5) is 11.4 Å². The Kier molecular flexibility index (Phi) is 6.87. The number of nitrogens with one attached hydrogen (secondary N) is 1. The van der Waals surface area contributed by atoms with Crippen LogP contribution in [0.3, 0.4) is 0 Å². The van der Waals surface area contributed by atoms with Gasteiger partial charge in [0, 0.05) is 34.9 Å². The van der Waals surface area contributed by atoms with Gasteiger partial charge < -0.3 is 15.0 Å². The van der Waals surface area contributed by atoms with E-state index in [1.54, 1.807) is 12.1 Å². The molecular formula is C23H24ClN3O2S. The Morgan fingerprint density at radius 2 is 1.80 bits per heavy atom. The second kappa shape index (κ2) is 9.96. The molecule has 0 bridgehead atoms. The van der Waals surface area contributed by atoms with Crippen molar-refractivity contribution in [3.63, 3.8) is 0 Å². The summed E-state index contributed by atoms with van der Waals surface area (Å²) in [5.74, 6) is 0.665. The van der Waals surface area contributed by atoms with Crippen LogP contribution in [0.2, 0.25) is 5.02 Å². The predicted molar refractivity (Wildman–Crippen MR) is 123 cm³/mol. The smallest absolute Gasteiger partial charge is 0.230 e. The number of piperidine rings is 1. The molecule has 7 heteroatoms. The van der Waals surface area contributed by atoms with E-state index in [1.165, 1.54) is 36.3 Å². The van der Waals surface area contributed by atoms with Crippen LogP contribution < -0.4 is 15.0 Å². The lowest BCUT2D eigenvalue weighted by Crippen LogP contribution is -2.29. The zero-order chi connectivity index (χ0) is 20.8. The number of nitrogens with zero attached hydrogens (tertiary/aromatic N) is 2. The van der Waals surface area contributed by atoms with Gasteiger partial charge in [-0.3, -0.25) is 4.79 Å². The van der Waals surface area contributed by atoms with Crippen LogP contribution in [0.25, 0.3) is 0 Å². The topological polar surface area (TPSA) is 54.5 Å². The summed E-state index contributed by atoms with van der Waals surface area (Å²) < 4.78 is 5.71. The van der Waals surface area contributed by atoms with Crippen molar-refractivity contribution >= 4 is 40.2 Å². The standard InChI is InChI=1S/C23H24ClN3O2S/c24-17-4-10-21(11-5-17)29-15-23-26-19(16-30-23)14-22(28)25-18-6-8-20(9-7-18)27-12-2-1-3-13-27/h4-11,16H,1-3,12-15H2,(H,25,28). The van der Waals surface area contributed by atoms with Gasteiger partial charge >= 0.3 is 0 Å². The second-order valence-corrected chi connectivity index (χ2v) is 8.67. The molecule has 0 spiro atoms. The Morgan fingerprint density at radius 3 is 2.53 bits per heavy atom. The summed E-state index contributed by atoms with van der Waals surface area (Å²) in [6.07, 6.45) is 4.05. The van der Waals surface area contributed by atoms with Crippen molar-refractivity contribution < 1.29 is 9.53 Å². The highest BCUT2D eigenvalue weighted by Gasteiger charge is 2.12. The van der Waals surface area contributed by atoms with E-state index in [1.807, 2.05) is 29.6 Å². The maximum absolute atomic E-state index is 12.4. The molecule has 2 aromatic carbocycles. The van der Waals surface area contributed by atoms with E-state index in [0.717, 1.165) is 35.2 Å². The van der Waals surface area contributed by atoms with Crippen LogP contribution in [0, 0.1) is 0 Å². The fraction of sp³-hybridized carbons (Fsp3) is 0.304. The van der Waals surface area contributed by atoms with Crippen molar-refractivity contribution in [2.45, 2.75) is 32.3 Å². The summed E-state index contributed by atoms with van der Waals surface area (Å²) in [5, 5.41) is 6.36. The molecule has 1 aliphatic rings. The Labute approximate surface area is 185 Å². The van der Waals surface area contributed by atoms with E-state index in [4.69, 9.17) is 16.3 Å². The number of aromatic nitrogens is 1. The summed E-state index contributed by atoms with van der Waals surface area (Å²) in [6, 6.07) is 15.3. The van der Waals surface area contributed by atoms with Crippen molar-refractivity contribution in [1.82, 2.24) is 4.98 Å². The van der Waals surface area contributed by atoms with Gasteiger partial charge in [0.1, 0.15) is 17.4 Å². The largest absolute Gasteiger partial charge is 0.486 e. The van der Waals surface area contributed by atoms with Crippen molar-refractivity contribution in [2.24, 2.45) is 0 Å². The van der Waals surface area contributed by atoms with Crippen LogP contribution in [0.5, 0.6) is 5.75 Å². The fourth-order valence-corrected chi connectivity index (χ4v) is 4.28. The molecule has 3 aromatic rings. The Balaban J connectivity index is 1.26. The molecule has 30 heavy (non-hydrogen) atoms. The molecule has 1 aliphatic heterocycles. The highest BCUT2D eigenvalue weighted by Crippen LogP contribution is 2.22. The minimum Gasteiger partial charge on any atom is -0.486 e. The second-order valence-electron chi connectivity index (χ2n) is 7.29. The Hall–Kier alpha value is -2.57. The van der Waals surface area contributed by atoms with Gasteiger partial charge in [0.05, 0.1) is 12.1 Å². The maximum Gasteiger partial charge on any atom is 0.230 e. The van der Waals surface area contributed by atoms with Gasteiger partial charge in [0.25, 0.3) is 0 Å². The molecule has 156 valence electrons.